The first kappa shape index (κ1) is 93.1. The lowest BCUT2D eigenvalue weighted by molar-refractivity contribution is -0.161. The molecule has 0 aliphatic carbocycles. The topological polar surface area (TPSA) is 237 Å². The summed E-state index contributed by atoms with van der Waals surface area (Å²) < 4.78 is 68.5. The van der Waals surface area contributed by atoms with Gasteiger partial charge in [-0.05, 0) is 43.4 Å². The summed E-state index contributed by atoms with van der Waals surface area (Å²) in [7, 11) is -9.91. The molecule has 17 nitrogen and oxygen atoms in total. The van der Waals surface area contributed by atoms with Gasteiger partial charge in [-0.25, -0.2) is 9.13 Å². The highest BCUT2D eigenvalue weighted by molar-refractivity contribution is 7.47. The Labute approximate surface area is 581 Å². The zero-order valence-electron chi connectivity index (χ0n) is 62.1. The Hall–Kier alpha value is -1.94. The molecule has 0 radical (unpaired) electrons. The van der Waals surface area contributed by atoms with Gasteiger partial charge in [-0.1, -0.05) is 337 Å². The summed E-state index contributed by atoms with van der Waals surface area (Å²) in [4.78, 5) is 72.8. The van der Waals surface area contributed by atoms with Crippen molar-refractivity contribution in [3.63, 3.8) is 0 Å². The molecule has 0 bridgehead atoms. The summed E-state index contributed by atoms with van der Waals surface area (Å²) in [5.41, 5.74) is 0. The van der Waals surface area contributed by atoms with Crippen LogP contribution in [0, 0.1) is 17.8 Å². The molecule has 0 spiro atoms. The average Bonchev–Trinajstić information content (AvgIpc) is 1.62. The number of hydrogen-bond acceptors (Lipinski definition) is 15. The first-order chi connectivity index (χ1) is 45.8. The Kier molecular flexibility index (Phi) is 65.2. The van der Waals surface area contributed by atoms with Crippen LogP contribution >= 0.6 is 15.6 Å². The molecule has 0 aliphatic heterocycles. The number of ether oxygens (including phenoxy) is 4. The van der Waals surface area contributed by atoms with Crippen LogP contribution in [0.15, 0.2) is 0 Å². The van der Waals surface area contributed by atoms with Crippen LogP contribution in [-0.4, -0.2) is 96.7 Å². The number of aliphatic hydroxyl groups excluding tert-OH is 1. The first-order valence-electron chi connectivity index (χ1n) is 39.4. The smallest absolute Gasteiger partial charge is 0.462 e. The Morgan fingerprint density at radius 1 is 0.305 bits per heavy atom. The van der Waals surface area contributed by atoms with E-state index in [1.54, 1.807) is 0 Å². The van der Waals surface area contributed by atoms with Crippen molar-refractivity contribution in [3.05, 3.63) is 0 Å². The Morgan fingerprint density at radius 3 is 0.800 bits per heavy atom. The van der Waals surface area contributed by atoms with E-state index in [0.29, 0.717) is 31.6 Å². The van der Waals surface area contributed by atoms with Crippen LogP contribution in [0.3, 0.4) is 0 Å². The fourth-order valence-electron chi connectivity index (χ4n) is 11.5. The van der Waals surface area contributed by atoms with Crippen molar-refractivity contribution < 1.29 is 80.2 Å². The Balaban J connectivity index is 5.22. The molecule has 0 fully saturated rings. The van der Waals surface area contributed by atoms with Gasteiger partial charge in [0.05, 0.1) is 26.4 Å². The third-order valence-electron chi connectivity index (χ3n) is 18.4. The molecule has 0 aromatic heterocycles. The normalized spacial score (nSPS) is 14.6. The predicted molar refractivity (Wildman–Crippen MR) is 386 cm³/mol. The maximum absolute atomic E-state index is 13.1. The van der Waals surface area contributed by atoms with Crippen molar-refractivity contribution in [2.75, 3.05) is 39.6 Å². The van der Waals surface area contributed by atoms with E-state index in [1.165, 1.54) is 193 Å². The first-order valence-corrected chi connectivity index (χ1v) is 42.4. The number of carbonyl (C=O) groups excluding carboxylic acids is 4. The number of aliphatic hydroxyl groups is 1. The van der Waals surface area contributed by atoms with Gasteiger partial charge >= 0.3 is 39.5 Å². The van der Waals surface area contributed by atoms with Gasteiger partial charge in [-0.3, -0.25) is 37.3 Å². The minimum absolute atomic E-state index is 0.104. The second-order valence-electron chi connectivity index (χ2n) is 28.4. The molecule has 7 atom stereocenters. The zero-order chi connectivity index (χ0) is 70.1. The summed E-state index contributed by atoms with van der Waals surface area (Å²) in [5.74, 6) is 0.136. The van der Waals surface area contributed by atoms with E-state index < -0.39 is 97.5 Å². The Bertz CT molecular complexity index is 1860. The van der Waals surface area contributed by atoms with Crippen LogP contribution in [0.2, 0.25) is 0 Å². The fraction of sp³-hybridized carbons (Fsp3) is 0.947. The fourth-order valence-corrected chi connectivity index (χ4v) is 13.1. The number of phosphoric acid groups is 2. The van der Waals surface area contributed by atoms with E-state index in [0.717, 1.165) is 108 Å². The van der Waals surface area contributed by atoms with Crippen molar-refractivity contribution in [2.45, 2.75) is 407 Å². The molecule has 0 amide bonds. The van der Waals surface area contributed by atoms with Gasteiger partial charge in [0, 0.05) is 25.7 Å². The van der Waals surface area contributed by atoms with Crippen molar-refractivity contribution in [1.82, 2.24) is 0 Å². The van der Waals surface area contributed by atoms with Gasteiger partial charge in [0.25, 0.3) is 0 Å². The second-order valence-corrected chi connectivity index (χ2v) is 31.3. The molecule has 95 heavy (non-hydrogen) atoms. The monoisotopic (exact) mass is 1400 g/mol. The SMILES string of the molecule is CCCCCCCCCCCCCCCCCCCCCCC(=O)O[C@H](COC(=O)CCCCCCCCCCCCC(C)CC)COP(=O)(O)OC[C@@H](O)COP(=O)(O)OC[C@@H](COC(=O)CCCCCCCCC(C)C)OC(=O)CCCCCCCCCCC(C)CC. The quantitative estimate of drug-likeness (QED) is 0.0222. The van der Waals surface area contributed by atoms with Crippen LogP contribution in [0.25, 0.3) is 0 Å². The van der Waals surface area contributed by atoms with E-state index in [4.69, 9.17) is 37.0 Å². The predicted octanol–water partition coefficient (Wildman–Crippen LogP) is 22.2. The molecule has 0 aromatic rings. The highest BCUT2D eigenvalue weighted by atomic mass is 31.2. The number of hydrogen-bond donors (Lipinski definition) is 3. The zero-order valence-corrected chi connectivity index (χ0v) is 63.9. The second kappa shape index (κ2) is 66.6. The van der Waals surface area contributed by atoms with Crippen LogP contribution in [0.5, 0.6) is 0 Å². The van der Waals surface area contributed by atoms with Crippen LogP contribution in [0.4, 0.5) is 0 Å². The molecule has 0 saturated carbocycles. The lowest BCUT2D eigenvalue weighted by Crippen LogP contribution is -2.30. The van der Waals surface area contributed by atoms with Gasteiger partial charge in [0.15, 0.2) is 12.2 Å². The van der Waals surface area contributed by atoms with Gasteiger partial charge in [-0.15, -0.1) is 0 Å². The molecule has 3 N–H and O–H groups in total. The van der Waals surface area contributed by atoms with Gasteiger partial charge < -0.3 is 33.8 Å². The summed E-state index contributed by atoms with van der Waals surface area (Å²) in [6.45, 7) is 11.8. The number of carbonyl (C=O) groups is 4. The third-order valence-corrected chi connectivity index (χ3v) is 20.3. The Morgan fingerprint density at radius 2 is 0.537 bits per heavy atom. The molecule has 0 heterocycles. The minimum atomic E-state index is -4.96. The number of esters is 4. The highest BCUT2D eigenvalue weighted by Crippen LogP contribution is 2.45. The standard InChI is InChI=1S/C76H148O17P2/c1-8-11-12-13-14-15-16-17-18-19-20-21-22-23-24-25-30-36-45-52-59-75(80)92-71(63-86-73(78)57-50-43-35-29-27-26-28-33-41-48-55-68(6)9-2)65-90-94(82,83)88-61-70(77)62-89-95(84,85)91-66-72(64-87-74(79)58-51-44-39-38-40-47-54-67(4)5)93-76(81)60-53-46-37-32-31-34-42-49-56-69(7)10-3/h67-72,77H,8-66H2,1-7H3,(H,82,83)(H,84,85)/t68?,69?,70-,71-,72-/m1/s1. The van der Waals surface area contributed by atoms with Crippen LogP contribution in [-0.2, 0) is 65.4 Å². The van der Waals surface area contributed by atoms with Crippen molar-refractivity contribution >= 4 is 39.5 Å². The lowest BCUT2D eigenvalue weighted by atomic mass is 9.99. The van der Waals surface area contributed by atoms with E-state index in [-0.39, 0.29) is 25.7 Å². The van der Waals surface area contributed by atoms with Crippen molar-refractivity contribution in [2.24, 2.45) is 17.8 Å². The number of unbranched alkanes of at least 4 members (excludes halogenated alkanes) is 40. The molecule has 0 rings (SSSR count). The van der Waals surface area contributed by atoms with E-state index in [9.17, 15) is 43.2 Å². The summed E-state index contributed by atoms with van der Waals surface area (Å²) in [6, 6.07) is 0. The summed E-state index contributed by atoms with van der Waals surface area (Å²) in [5, 5.41) is 10.6. The molecule has 0 aromatic carbocycles. The lowest BCUT2D eigenvalue weighted by Gasteiger charge is -2.21. The molecular weight excluding hydrogens is 1250 g/mol. The molecular formula is C76H148O17P2. The third kappa shape index (κ3) is 67.6. The van der Waals surface area contributed by atoms with Gasteiger partial charge in [0.2, 0.25) is 0 Å². The van der Waals surface area contributed by atoms with E-state index in [1.807, 2.05) is 0 Å². The minimum Gasteiger partial charge on any atom is -0.462 e. The summed E-state index contributed by atoms with van der Waals surface area (Å²) in [6.07, 6.45) is 52.9. The van der Waals surface area contributed by atoms with Crippen molar-refractivity contribution in [3.8, 4) is 0 Å². The molecule has 0 saturated heterocycles. The largest absolute Gasteiger partial charge is 0.472 e. The summed E-state index contributed by atoms with van der Waals surface area (Å²) >= 11 is 0. The average molecular weight is 1400 g/mol. The van der Waals surface area contributed by atoms with Crippen molar-refractivity contribution in [1.29, 1.82) is 0 Å². The maximum atomic E-state index is 13.1. The van der Waals surface area contributed by atoms with Gasteiger partial charge in [0.1, 0.15) is 19.3 Å². The highest BCUT2D eigenvalue weighted by Gasteiger charge is 2.30. The van der Waals surface area contributed by atoms with Crippen LogP contribution in [0.1, 0.15) is 389 Å². The van der Waals surface area contributed by atoms with E-state index >= 15 is 0 Å². The number of phosphoric ester groups is 2. The molecule has 19 heteroatoms. The number of rotatable bonds is 74. The maximum Gasteiger partial charge on any atom is 0.472 e. The molecule has 4 unspecified atom stereocenters. The molecule has 0 aliphatic rings. The van der Waals surface area contributed by atoms with E-state index in [2.05, 4.69) is 48.5 Å². The molecule has 564 valence electrons. The van der Waals surface area contributed by atoms with Gasteiger partial charge in [-0.2, -0.15) is 0 Å². The van der Waals surface area contributed by atoms with Crippen LogP contribution < -0.4 is 0 Å².